The molecule has 4 rings (SSSR count). The number of rotatable bonds is 6. The molecule has 10 heteroatoms. The molecule has 2 aromatic heterocycles. The predicted molar refractivity (Wildman–Crippen MR) is 120 cm³/mol. The molecule has 0 saturated carbocycles. The molecule has 0 bridgehead atoms. The van der Waals surface area contributed by atoms with Gasteiger partial charge in [0.25, 0.3) is 5.91 Å². The Morgan fingerprint density at radius 1 is 1.29 bits per heavy atom. The molecule has 180 valence electrons. The van der Waals surface area contributed by atoms with E-state index in [0.717, 1.165) is 17.8 Å². The zero-order valence-electron chi connectivity index (χ0n) is 18.8. The average Bonchev–Trinajstić information content (AvgIpc) is 3.23. The summed E-state index contributed by atoms with van der Waals surface area (Å²) in [5.41, 5.74) is 8.03. The first-order chi connectivity index (χ1) is 16.1. The highest BCUT2D eigenvalue weighted by Gasteiger charge is 2.31. The molecule has 1 atom stereocenters. The van der Waals surface area contributed by atoms with E-state index >= 15 is 0 Å². The minimum absolute atomic E-state index is 0.0704. The summed E-state index contributed by atoms with van der Waals surface area (Å²) in [5, 5.41) is 10.3. The molecule has 0 spiro atoms. The molecule has 0 radical (unpaired) electrons. The van der Waals surface area contributed by atoms with Gasteiger partial charge in [-0.3, -0.25) is 9.78 Å². The minimum atomic E-state index is -4.47. The quantitative estimate of drug-likeness (QED) is 0.558. The summed E-state index contributed by atoms with van der Waals surface area (Å²) in [7, 11) is 0. The molecule has 3 N–H and O–H groups in total. The van der Waals surface area contributed by atoms with Gasteiger partial charge in [0, 0.05) is 29.3 Å². The highest BCUT2D eigenvalue weighted by Crippen LogP contribution is 2.38. The molecular weight excluding hydrogens is 449 g/mol. The van der Waals surface area contributed by atoms with E-state index in [9.17, 15) is 23.1 Å². The molecule has 1 aliphatic heterocycles. The third-order valence-corrected chi connectivity index (χ3v) is 5.70. The van der Waals surface area contributed by atoms with Crippen LogP contribution in [0.4, 0.5) is 19.0 Å². The first kappa shape index (κ1) is 23.9. The van der Waals surface area contributed by atoms with Gasteiger partial charge in [0.2, 0.25) is 0 Å². The van der Waals surface area contributed by atoms with Crippen LogP contribution in [-0.2, 0) is 24.1 Å². The molecule has 0 fully saturated rings. The van der Waals surface area contributed by atoms with E-state index < -0.39 is 17.8 Å². The standard InChI is InChI=1S/C24H25F3N4O3/c1-13(2)9-31(10-16-5-4-15(8-29-16)24(25,26)27)23(33)14-3-6-19-17(7-14)18-12-34-20(11-32)21(18)22(28)30-19/h3-8,13,20,32H,9-12H2,1-2H3,(H2,28,30)/t20-/m1/s1. The van der Waals surface area contributed by atoms with Gasteiger partial charge < -0.3 is 20.5 Å². The van der Waals surface area contributed by atoms with Gasteiger partial charge in [-0.05, 0) is 41.8 Å². The number of nitrogen functional groups attached to an aromatic ring is 1. The molecule has 1 aromatic carbocycles. The van der Waals surface area contributed by atoms with Crippen LogP contribution in [0.3, 0.4) is 0 Å². The van der Waals surface area contributed by atoms with Crippen molar-refractivity contribution in [2.24, 2.45) is 5.92 Å². The number of halogens is 3. The molecule has 0 unspecified atom stereocenters. The maximum absolute atomic E-state index is 13.4. The topological polar surface area (TPSA) is 102 Å². The Labute approximate surface area is 194 Å². The lowest BCUT2D eigenvalue weighted by Gasteiger charge is -2.25. The number of nitrogens with zero attached hydrogens (tertiary/aromatic N) is 3. The molecule has 7 nitrogen and oxygen atoms in total. The number of carbonyl (C=O) groups excluding carboxylic acids is 1. The van der Waals surface area contributed by atoms with E-state index in [-0.39, 0.29) is 37.4 Å². The van der Waals surface area contributed by atoms with Crippen LogP contribution in [0.1, 0.15) is 52.7 Å². The Morgan fingerprint density at radius 2 is 2.06 bits per heavy atom. The highest BCUT2D eigenvalue weighted by molar-refractivity contribution is 5.99. The van der Waals surface area contributed by atoms with Crippen molar-refractivity contribution in [3.63, 3.8) is 0 Å². The lowest BCUT2D eigenvalue weighted by atomic mass is 9.99. The van der Waals surface area contributed by atoms with Crippen LogP contribution in [-0.4, -0.2) is 39.0 Å². The van der Waals surface area contributed by atoms with E-state index in [0.29, 0.717) is 34.3 Å². The molecular formula is C24H25F3N4O3. The number of hydrogen-bond acceptors (Lipinski definition) is 6. The molecule has 0 aliphatic carbocycles. The zero-order chi connectivity index (χ0) is 24.6. The fourth-order valence-corrected chi connectivity index (χ4v) is 4.15. The molecule has 0 saturated heterocycles. The number of benzene rings is 1. The van der Waals surface area contributed by atoms with Crippen LogP contribution >= 0.6 is 0 Å². The number of aromatic nitrogens is 2. The molecule has 1 aliphatic rings. The number of ether oxygens (including phenoxy) is 1. The number of carbonyl (C=O) groups is 1. The summed E-state index contributed by atoms with van der Waals surface area (Å²) >= 11 is 0. The third kappa shape index (κ3) is 4.69. The van der Waals surface area contributed by atoms with Gasteiger partial charge in [0.15, 0.2) is 0 Å². The monoisotopic (exact) mass is 474 g/mol. The molecule has 1 amide bonds. The first-order valence-electron chi connectivity index (χ1n) is 10.8. The van der Waals surface area contributed by atoms with Gasteiger partial charge in [-0.25, -0.2) is 4.98 Å². The van der Waals surface area contributed by atoms with Crippen LogP contribution < -0.4 is 5.73 Å². The summed E-state index contributed by atoms with van der Waals surface area (Å²) in [6.45, 7) is 4.38. The van der Waals surface area contributed by atoms with E-state index in [1.165, 1.54) is 6.07 Å². The number of fused-ring (bicyclic) bond motifs is 3. The van der Waals surface area contributed by atoms with Crippen molar-refractivity contribution in [1.29, 1.82) is 0 Å². The number of nitrogens with two attached hydrogens (primary N) is 1. The van der Waals surface area contributed by atoms with Crippen LogP contribution in [0.15, 0.2) is 36.5 Å². The largest absolute Gasteiger partial charge is 0.417 e. The SMILES string of the molecule is CC(C)CN(Cc1ccc(C(F)(F)F)cn1)C(=O)c1ccc2nc(N)c3c(c2c1)CO[C@@H]3CO. The van der Waals surface area contributed by atoms with Crippen molar-refractivity contribution in [2.45, 2.75) is 39.3 Å². The summed E-state index contributed by atoms with van der Waals surface area (Å²) < 4.78 is 44.2. The number of hydrogen-bond donors (Lipinski definition) is 2. The van der Waals surface area contributed by atoms with Gasteiger partial charge >= 0.3 is 6.18 Å². The summed E-state index contributed by atoms with van der Waals surface area (Å²) in [6.07, 6.45) is -4.25. The third-order valence-electron chi connectivity index (χ3n) is 5.70. The van der Waals surface area contributed by atoms with Gasteiger partial charge in [-0.2, -0.15) is 13.2 Å². The molecule has 34 heavy (non-hydrogen) atoms. The first-order valence-corrected chi connectivity index (χ1v) is 10.8. The normalized spacial score (nSPS) is 15.7. The van der Waals surface area contributed by atoms with Crippen molar-refractivity contribution in [2.75, 3.05) is 18.9 Å². The molecule has 3 heterocycles. The fourth-order valence-electron chi connectivity index (χ4n) is 4.15. The second-order valence-electron chi connectivity index (χ2n) is 8.72. The van der Waals surface area contributed by atoms with Crippen molar-refractivity contribution >= 4 is 22.6 Å². The zero-order valence-corrected chi connectivity index (χ0v) is 18.8. The maximum atomic E-state index is 13.4. The lowest BCUT2D eigenvalue weighted by molar-refractivity contribution is -0.137. The Hall–Kier alpha value is -3.24. The minimum Gasteiger partial charge on any atom is -0.393 e. The summed E-state index contributed by atoms with van der Waals surface area (Å²) in [4.78, 5) is 23.3. The van der Waals surface area contributed by atoms with E-state index in [1.807, 2.05) is 13.8 Å². The van der Waals surface area contributed by atoms with E-state index in [4.69, 9.17) is 10.5 Å². The number of anilines is 1. The number of aliphatic hydroxyl groups excluding tert-OH is 1. The number of alkyl halides is 3. The van der Waals surface area contributed by atoms with Gasteiger partial charge in [-0.15, -0.1) is 0 Å². The van der Waals surface area contributed by atoms with Gasteiger partial charge in [-0.1, -0.05) is 13.8 Å². The van der Waals surface area contributed by atoms with Crippen LogP contribution in [0.25, 0.3) is 10.9 Å². The summed E-state index contributed by atoms with van der Waals surface area (Å²) in [5.74, 6) is 0.136. The summed E-state index contributed by atoms with van der Waals surface area (Å²) in [6, 6.07) is 7.33. The number of aliphatic hydroxyl groups is 1. The Kier molecular flexibility index (Phi) is 6.46. The number of pyridine rings is 2. The lowest BCUT2D eigenvalue weighted by Crippen LogP contribution is -2.34. The highest BCUT2D eigenvalue weighted by atomic mass is 19.4. The van der Waals surface area contributed by atoms with Crippen LogP contribution in [0.2, 0.25) is 0 Å². The maximum Gasteiger partial charge on any atom is 0.417 e. The van der Waals surface area contributed by atoms with E-state index in [2.05, 4.69) is 9.97 Å². The molecule has 3 aromatic rings. The van der Waals surface area contributed by atoms with Crippen LogP contribution in [0.5, 0.6) is 0 Å². The van der Waals surface area contributed by atoms with Crippen molar-refractivity contribution in [1.82, 2.24) is 14.9 Å². The van der Waals surface area contributed by atoms with Crippen molar-refractivity contribution < 1.29 is 27.8 Å². The fraction of sp³-hybridized carbons (Fsp3) is 0.375. The second-order valence-corrected chi connectivity index (χ2v) is 8.72. The smallest absolute Gasteiger partial charge is 0.393 e. The Bertz CT molecular complexity index is 1210. The van der Waals surface area contributed by atoms with Gasteiger partial charge in [0.1, 0.15) is 11.9 Å². The van der Waals surface area contributed by atoms with E-state index in [1.54, 1.807) is 23.1 Å². The van der Waals surface area contributed by atoms with Gasteiger partial charge in [0.05, 0.1) is 36.5 Å². The van der Waals surface area contributed by atoms with Crippen molar-refractivity contribution in [3.8, 4) is 0 Å². The van der Waals surface area contributed by atoms with Crippen LogP contribution in [0, 0.1) is 5.92 Å². The second kappa shape index (κ2) is 9.19. The number of amides is 1. The average molecular weight is 474 g/mol. The predicted octanol–water partition coefficient (Wildman–Crippen LogP) is 4.09. The van der Waals surface area contributed by atoms with Crippen molar-refractivity contribution in [3.05, 3.63) is 64.5 Å². The Balaban J connectivity index is 1.66. The Morgan fingerprint density at radius 3 is 2.68 bits per heavy atom.